The van der Waals surface area contributed by atoms with Crippen LogP contribution in [0.4, 0.5) is 14.5 Å². The SMILES string of the molecule is O=C1NC(=Nc2ccc(F)cc2)S/C1=C/c1ccccc1OCc1ccc(F)cc1. The van der Waals surface area contributed by atoms with E-state index >= 15 is 0 Å². The van der Waals surface area contributed by atoms with Crippen molar-refractivity contribution in [2.45, 2.75) is 6.61 Å². The monoisotopic (exact) mass is 422 g/mol. The summed E-state index contributed by atoms with van der Waals surface area (Å²) in [5.74, 6) is -0.313. The first-order valence-electron chi connectivity index (χ1n) is 9.08. The van der Waals surface area contributed by atoms with Gasteiger partial charge in [-0.05, 0) is 65.9 Å². The number of hydrogen-bond acceptors (Lipinski definition) is 4. The van der Waals surface area contributed by atoms with Gasteiger partial charge >= 0.3 is 0 Å². The van der Waals surface area contributed by atoms with Crippen LogP contribution >= 0.6 is 11.8 Å². The summed E-state index contributed by atoms with van der Waals surface area (Å²) in [6.07, 6.45) is 1.73. The Balaban J connectivity index is 1.51. The number of nitrogens with zero attached hydrogens (tertiary/aromatic N) is 1. The molecule has 150 valence electrons. The van der Waals surface area contributed by atoms with Gasteiger partial charge in [0.1, 0.15) is 24.0 Å². The van der Waals surface area contributed by atoms with Crippen molar-refractivity contribution in [2.24, 2.45) is 4.99 Å². The Bertz CT molecular complexity index is 1130. The van der Waals surface area contributed by atoms with Gasteiger partial charge in [-0.2, -0.15) is 0 Å². The van der Waals surface area contributed by atoms with Crippen LogP contribution in [0.5, 0.6) is 5.75 Å². The Morgan fingerprint density at radius 3 is 2.33 bits per heavy atom. The summed E-state index contributed by atoms with van der Waals surface area (Å²) < 4.78 is 32.0. The summed E-state index contributed by atoms with van der Waals surface area (Å²) >= 11 is 1.20. The molecule has 0 bridgehead atoms. The Kier molecular flexibility index (Phi) is 5.90. The van der Waals surface area contributed by atoms with Gasteiger partial charge in [0.25, 0.3) is 5.91 Å². The van der Waals surface area contributed by atoms with Crippen molar-refractivity contribution in [3.63, 3.8) is 0 Å². The zero-order chi connectivity index (χ0) is 20.9. The van der Waals surface area contributed by atoms with Crippen molar-refractivity contribution in [1.82, 2.24) is 5.32 Å². The number of halogens is 2. The third kappa shape index (κ3) is 4.93. The van der Waals surface area contributed by atoms with Crippen LogP contribution in [0.1, 0.15) is 11.1 Å². The van der Waals surface area contributed by atoms with E-state index in [0.29, 0.717) is 21.5 Å². The molecule has 1 heterocycles. The zero-order valence-electron chi connectivity index (χ0n) is 15.6. The van der Waals surface area contributed by atoms with Gasteiger partial charge in [0, 0.05) is 5.56 Å². The van der Waals surface area contributed by atoms with Gasteiger partial charge in [0.05, 0.1) is 10.6 Å². The highest BCUT2D eigenvalue weighted by Crippen LogP contribution is 2.31. The lowest BCUT2D eigenvalue weighted by atomic mass is 10.2. The van der Waals surface area contributed by atoms with Crippen molar-refractivity contribution in [1.29, 1.82) is 0 Å². The Morgan fingerprint density at radius 1 is 0.933 bits per heavy atom. The molecule has 30 heavy (non-hydrogen) atoms. The molecule has 1 fully saturated rings. The topological polar surface area (TPSA) is 50.7 Å². The Labute approximate surface area is 176 Å². The summed E-state index contributed by atoms with van der Waals surface area (Å²) in [7, 11) is 0. The van der Waals surface area contributed by atoms with Crippen molar-refractivity contribution < 1.29 is 18.3 Å². The second-order valence-corrected chi connectivity index (χ2v) is 7.44. The number of benzene rings is 3. The molecule has 1 amide bonds. The first-order valence-corrected chi connectivity index (χ1v) is 9.90. The number of rotatable bonds is 5. The van der Waals surface area contributed by atoms with Crippen LogP contribution in [0.15, 0.2) is 82.7 Å². The van der Waals surface area contributed by atoms with Crippen LogP contribution in [-0.2, 0) is 11.4 Å². The summed E-state index contributed by atoms with van der Waals surface area (Å²) in [5.41, 5.74) is 2.12. The standard InChI is InChI=1S/C23H16F2N2O2S/c24-17-7-5-15(6-8-17)14-29-20-4-2-1-3-16(20)13-21-22(28)27-23(30-21)26-19-11-9-18(25)10-12-19/h1-13H,14H2,(H,26,27,28)/b21-13+. The molecule has 7 heteroatoms. The third-order valence-corrected chi connectivity index (χ3v) is 5.13. The fraction of sp³-hybridized carbons (Fsp3) is 0.0435. The van der Waals surface area contributed by atoms with Gasteiger partial charge in [0.15, 0.2) is 5.17 Å². The first-order chi connectivity index (χ1) is 14.6. The molecule has 3 aromatic rings. The predicted molar refractivity (Wildman–Crippen MR) is 114 cm³/mol. The molecular weight excluding hydrogens is 406 g/mol. The lowest BCUT2D eigenvalue weighted by Crippen LogP contribution is -2.19. The van der Waals surface area contributed by atoms with E-state index in [1.807, 2.05) is 18.2 Å². The highest BCUT2D eigenvalue weighted by atomic mass is 32.2. The maximum atomic E-state index is 13.0. The van der Waals surface area contributed by atoms with Crippen molar-refractivity contribution >= 4 is 34.6 Å². The van der Waals surface area contributed by atoms with Gasteiger partial charge in [-0.15, -0.1) is 0 Å². The maximum Gasteiger partial charge on any atom is 0.264 e. The highest BCUT2D eigenvalue weighted by molar-refractivity contribution is 8.18. The van der Waals surface area contributed by atoms with E-state index in [4.69, 9.17) is 4.74 Å². The molecule has 1 aliphatic rings. The third-order valence-electron chi connectivity index (χ3n) is 4.22. The summed E-state index contributed by atoms with van der Waals surface area (Å²) in [5, 5.41) is 3.12. The molecule has 0 atom stereocenters. The normalized spacial score (nSPS) is 16.1. The lowest BCUT2D eigenvalue weighted by molar-refractivity contribution is -0.115. The van der Waals surface area contributed by atoms with Gasteiger partial charge in [-0.25, -0.2) is 13.8 Å². The minimum Gasteiger partial charge on any atom is -0.488 e. The molecule has 3 aromatic carbocycles. The van der Waals surface area contributed by atoms with Crippen molar-refractivity contribution in [3.8, 4) is 5.75 Å². The molecule has 4 nitrogen and oxygen atoms in total. The van der Waals surface area contributed by atoms with E-state index in [2.05, 4.69) is 10.3 Å². The van der Waals surface area contributed by atoms with E-state index < -0.39 is 0 Å². The summed E-state index contributed by atoms with van der Waals surface area (Å²) in [6.45, 7) is 0.275. The quantitative estimate of drug-likeness (QED) is 0.558. The summed E-state index contributed by atoms with van der Waals surface area (Å²) in [4.78, 5) is 17.1. The van der Waals surface area contributed by atoms with Crippen molar-refractivity contribution in [2.75, 3.05) is 0 Å². The number of ether oxygens (including phenoxy) is 1. The fourth-order valence-electron chi connectivity index (χ4n) is 2.73. The largest absolute Gasteiger partial charge is 0.488 e. The Hall–Kier alpha value is -3.45. The van der Waals surface area contributed by atoms with Gasteiger partial charge in [-0.3, -0.25) is 4.79 Å². The van der Waals surface area contributed by atoms with Crippen LogP contribution in [-0.4, -0.2) is 11.1 Å². The average Bonchev–Trinajstić information content (AvgIpc) is 3.09. The number of nitrogens with one attached hydrogen (secondary N) is 1. The van der Waals surface area contributed by atoms with E-state index in [1.54, 1.807) is 24.3 Å². The van der Waals surface area contributed by atoms with Gasteiger partial charge in [-0.1, -0.05) is 30.3 Å². The number of aliphatic imine (C=N–C) groups is 1. The lowest BCUT2D eigenvalue weighted by Gasteiger charge is -2.09. The number of thioether (sulfide) groups is 1. The molecule has 4 rings (SSSR count). The van der Waals surface area contributed by atoms with E-state index in [0.717, 1.165) is 11.1 Å². The number of carbonyl (C=O) groups excluding carboxylic acids is 1. The van der Waals surface area contributed by atoms with E-state index in [9.17, 15) is 13.6 Å². The van der Waals surface area contributed by atoms with Crippen molar-refractivity contribution in [3.05, 3.63) is 100 Å². The number of hydrogen-bond donors (Lipinski definition) is 1. The van der Waals surface area contributed by atoms with E-state index in [1.165, 1.54) is 48.2 Å². The minimum absolute atomic E-state index is 0.269. The molecule has 0 radical (unpaired) electrons. The number of amidine groups is 1. The minimum atomic E-state index is -0.347. The number of amides is 1. The molecule has 0 spiro atoms. The maximum absolute atomic E-state index is 13.0. The van der Waals surface area contributed by atoms with Crippen LogP contribution in [0.2, 0.25) is 0 Å². The molecule has 0 aromatic heterocycles. The van der Waals surface area contributed by atoms with Gasteiger partial charge in [0.2, 0.25) is 0 Å². The second-order valence-electron chi connectivity index (χ2n) is 6.41. The molecule has 0 aliphatic carbocycles. The van der Waals surface area contributed by atoms with Crippen LogP contribution < -0.4 is 10.1 Å². The second kappa shape index (κ2) is 8.92. The van der Waals surface area contributed by atoms with Gasteiger partial charge < -0.3 is 10.1 Å². The Morgan fingerprint density at radius 2 is 1.60 bits per heavy atom. The van der Waals surface area contributed by atoms with Crippen LogP contribution in [0.25, 0.3) is 6.08 Å². The average molecular weight is 422 g/mol. The zero-order valence-corrected chi connectivity index (χ0v) is 16.5. The van der Waals surface area contributed by atoms with Crippen LogP contribution in [0.3, 0.4) is 0 Å². The number of carbonyl (C=O) groups is 1. The molecule has 0 saturated carbocycles. The molecule has 1 saturated heterocycles. The molecular formula is C23H16F2N2O2S. The fourth-order valence-corrected chi connectivity index (χ4v) is 3.56. The summed E-state index contributed by atoms with van der Waals surface area (Å²) in [6, 6.07) is 19.1. The molecule has 0 unspecified atom stereocenters. The first kappa shape index (κ1) is 19.8. The highest BCUT2D eigenvalue weighted by Gasteiger charge is 2.24. The molecule has 1 aliphatic heterocycles. The number of para-hydroxylation sites is 1. The van der Waals surface area contributed by atoms with Crippen LogP contribution in [0, 0.1) is 11.6 Å². The predicted octanol–water partition coefficient (Wildman–Crippen LogP) is 5.44. The van der Waals surface area contributed by atoms with E-state index in [-0.39, 0.29) is 24.1 Å². The molecule has 1 N–H and O–H groups in total. The smallest absolute Gasteiger partial charge is 0.264 e.